The van der Waals surface area contributed by atoms with Gasteiger partial charge in [0.25, 0.3) is 0 Å². The summed E-state index contributed by atoms with van der Waals surface area (Å²) in [5.41, 5.74) is 3.55. The highest BCUT2D eigenvalue weighted by Gasteiger charge is 2.30. The molecule has 5 heteroatoms. The SMILES string of the molecule is CCCCCCCCOCCCCCCC(N)(CO)C(O)Cl. The fourth-order valence-corrected chi connectivity index (χ4v) is 2.55. The molecule has 0 aliphatic carbocycles. The van der Waals surface area contributed by atoms with Crippen LogP contribution in [0.2, 0.25) is 0 Å². The van der Waals surface area contributed by atoms with Crippen LogP contribution >= 0.6 is 11.6 Å². The second-order valence-corrected chi connectivity index (χ2v) is 6.68. The number of alkyl halides is 1. The Balaban J connectivity index is 3.27. The van der Waals surface area contributed by atoms with Crippen LogP contribution in [0.25, 0.3) is 0 Å². The fraction of sp³-hybridized carbons (Fsp3) is 1.00. The minimum absolute atomic E-state index is 0.293. The summed E-state index contributed by atoms with van der Waals surface area (Å²) < 4.78 is 5.62. The second kappa shape index (κ2) is 14.7. The van der Waals surface area contributed by atoms with E-state index in [1.807, 2.05) is 0 Å². The van der Waals surface area contributed by atoms with Crippen molar-refractivity contribution in [3.8, 4) is 0 Å². The molecule has 4 nitrogen and oxygen atoms in total. The number of hydrogen-bond donors (Lipinski definition) is 3. The van der Waals surface area contributed by atoms with Gasteiger partial charge < -0.3 is 20.7 Å². The Kier molecular flexibility index (Phi) is 14.8. The summed E-state index contributed by atoms with van der Waals surface area (Å²) in [5, 5.41) is 18.5. The predicted molar refractivity (Wildman–Crippen MR) is 93.1 cm³/mol. The quantitative estimate of drug-likeness (QED) is 0.297. The number of ether oxygens (including phenoxy) is 1. The van der Waals surface area contributed by atoms with Gasteiger partial charge in [0.05, 0.1) is 12.1 Å². The summed E-state index contributed by atoms with van der Waals surface area (Å²) in [7, 11) is 0. The van der Waals surface area contributed by atoms with E-state index in [0.717, 1.165) is 38.9 Å². The molecular weight excluding hydrogens is 302 g/mol. The topological polar surface area (TPSA) is 75.7 Å². The van der Waals surface area contributed by atoms with E-state index < -0.39 is 11.1 Å². The molecule has 0 aliphatic heterocycles. The Labute approximate surface area is 141 Å². The maximum absolute atomic E-state index is 9.32. The van der Waals surface area contributed by atoms with E-state index in [2.05, 4.69) is 6.92 Å². The molecule has 0 spiro atoms. The third-order valence-corrected chi connectivity index (χ3v) is 4.53. The molecule has 2 unspecified atom stereocenters. The summed E-state index contributed by atoms with van der Waals surface area (Å²) in [5.74, 6) is 0. The van der Waals surface area contributed by atoms with E-state index in [1.165, 1.54) is 38.5 Å². The first kappa shape index (κ1) is 22.1. The molecule has 22 heavy (non-hydrogen) atoms. The molecule has 0 saturated heterocycles. The van der Waals surface area contributed by atoms with Gasteiger partial charge in [0.1, 0.15) is 5.56 Å². The molecule has 2 atom stereocenters. The molecule has 0 bridgehead atoms. The molecule has 0 rings (SSSR count). The smallest absolute Gasteiger partial charge is 0.148 e. The monoisotopic (exact) mass is 337 g/mol. The third-order valence-electron chi connectivity index (χ3n) is 4.09. The minimum Gasteiger partial charge on any atom is -0.394 e. The zero-order chi connectivity index (χ0) is 16.7. The molecule has 0 aromatic carbocycles. The molecule has 0 saturated carbocycles. The maximum atomic E-state index is 9.32. The highest BCUT2D eigenvalue weighted by atomic mass is 35.5. The van der Waals surface area contributed by atoms with Gasteiger partial charge in [-0.15, -0.1) is 0 Å². The number of unbranched alkanes of at least 4 members (excludes halogenated alkanes) is 8. The predicted octanol–water partition coefficient (Wildman–Crippen LogP) is 3.56. The lowest BCUT2D eigenvalue weighted by molar-refractivity contribution is 0.0859. The first-order chi connectivity index (χ1) is 10.6. The molecule has 134 valence electrons. The van der Waals surface area contributed by atoms with Gasteiger partial charge in [-0.3, -0.25) is 0 Å². The molecule has 0 aromatic heterocycles. The first-order valence-electron chi connectivity index (χ1n) is 8.86. The van der Waals surface area contributed by atoms with Gasteiger partial charge in [-0.2, -0.15) is 0 Å². The lowest BCUT2D eigenvalue weighted by atomic mass is 9.94. The van der Waals surface area contributed by atoms with Crippen molar-refractivity contribution in [1.29, 1.82) is 0 Å². The van der Waals surface area contributed by atoms with Crippen molar-refractivity contribution >= 4 is 11.6 Å². The van der Waals surface area contributed by atoms with E-state index in [-0.39, 0.29) is 6.61 Å². The van der Waals surface area contributed by atoms with Crippen LogP contribution in [0.5, 0.6) is 0 Å². The second-order valence-electron chi connectivity index (χ2n) is 6.27. The van der Waals surface area contributed by atoms with Crippen LogP contribution in [0.15, 0.2) is 0 Å². The molecule has 0 radical (unpaired) electrons. The zero-order valence-corrected chi connectivity index (χ0v) is 15.0. The molecular formula is C17H36ClNO3. The van der Waals surface area contributed by atoms with Crippen molar-refractivity contribution in [3.05, 3.63) is 0 Å². The number of aliphatic hydroxyl groups is 2. The number of rotatable bonds is 16. The van der Waals surface area contributed by atoms with Crippen molar-refractivity contribution in [2.45, 2.75) is 88.7 Å². The molecule has 0 heterocycles. The Hall–Kier alpha value is 0.130. The van der Waals surface area contributed by atoms with Gasteiger partial charge in [0, 0.05) is 13.2 Å². The van der Waals surface area contributed by atoms with E-state index in [1.54, 1.807) is 0 Å². The van der Waals surface area contributed by atoms with Gasteiger partial charge in [0.15, 0.2) is 0 Å². The van der Waals surface area contributed by atoms with Crippen LogP contribution in [-0.2, 0) is 4.74 Å². The van der Waals surface area contributed by atoms with Crippen LogP contribution in [-0.4, -0.2) is 41.1 Å². The highest BCUT2D eigenvalue weighted by molar-refractivity contribution is 6.20. The summed E-state index contributed by atoms with van der Waals surface area (Å²) in [6.07, 6.45) is 12.3. The van der Waals surface area contributed by atoms with Crippen LogP contribution < -0.4 is 5.73 Å². The fourth-order valence-electron chi connectivity index (χ4n) is 2.37. The Morgan fingerprint density at radius 1 is 0.955 bits per heavy atom. The normalized spacial score (nSPS) is 15.7. The summed E-state index contributed by atoms with van der Waals surface area (Å²) in [4.78, 5) is 0. The van der Waals surface area contributed by atoms with Gasteiger partial charge >= 0.3 is 0 Å². The van der Waals surface area contributed by atoms with E-state index in [4.69, 9.17) is 27.2 Å². The number of hydrogen-bond acceptors (Lipinski definition) is 4. The number of nitrogens with two attached hydrogens (primary N) is 1. The van der Waals surface area contributed by atoms with Crippen LogP contribution in [0, 0.1) is 0 Å². The van der Waals surface area contributed by atoms with Crippen LogP contribution in [0.4, 0.5) is 0 Å². The standard InChI is InChI=1S/C17H36ClNO3/c1-2-3-4-5-7-10-13-22-14-11-8-6-9-12-17(19,15-20)16(18)21/h16,20-21H,2-15,19H2,1H3. The largest absolute Gasteiger partial charge is 0.394 e. The van der Waals surface area contributed by atoms with E-state index in [9.17, 15) is 5.11 Å². The van der Waals surface area contributed by atoms with E-state index in [0.29, 0.717) is 6.42 Å². The van der Waals surface area contributed by atoms with Gasteiger partial charge in [0.2, 0.25) is 0 Å². The van der Waals surface area contributed by atoms with Crippen molar-refractivity contribution in [2.24, 2.45) is 5.73 Å². The van der Waals surface area contributed by atoms with Crippen LogP contribution in [0.1, 0.15) is 77.6 Å². The molecule has 0 aliphatic rings. The molecule has 0 amide bonds. The van der Waals surface area contributed by atoms with Crippen molar-refractivity contribution in [2.75, 3.05) is 19.8 Å². The van der Waals surface area contributed by atoms with Crippen LogP contribution in [0.3, 0.4) is 0 Å². The van der Waals surface area contributed by atoms with Gasteiger partial charge in [-0.25, -0.2) is 0 Å². The van der Waals surface area contributed by atoms with Gasteiger partial charge in [-0.1, -0.05) is 69.9 Å². The lowest BCUT2D eigenvalue weighted by Gasteiger charge is -2.28. The Morgan fingerprint density at radius 2 is 1.45 bits per heavy atom. The molecule has 0 aromatic rings. The van der Waals surface area contributed by atoms with Crippen molar-refractivity contribution < 1.29 is 14.9 Å². The van der Waals surface area contributed by atoms with Gasteiger partial charge in [-0.05, 0) is 19.3 Å². The first-order valence-corrected chi connectivity index (χ1v) is 9.30. The third kappa shape index (κ3) is 11.7. The molecule has 0 fully saturated rings. The number of aliphatic hydroxyl groups excluding tert-OH is 2. The lowest BCUT2D eigenvalue weighted by Crippen LogP contribution is -2.51. The zero-order valence-electron chi connectivity index (χ0n) is 14.2. The highest BCUT2D eigenvalue weighted by Crippen LogP contribution is 2.19. The average Bonchev–Trinajstić information content (AvgIpc) is 2.51. The summed E-state index contributed by atoms with van der Waals surface area (Å²) >= 11 is 5.59. The Morgan fingerprint density at radius 3 is 1.95 bits per heavy atom. The minimum atomic E-state index is -1.20. The summed E-state index contributed by atoms with van der Waals surface area (Å²) in [6.45, 7) is 3.64. The van der Waals surface area contributed by atoms with Crippen molar-refractivity contribution in [1.82, 2.24) is 0 Å². The number of halogens is 1. The maximum Gasteiger partial charge on any atom is 0.148 e. The average molecular weight is 338 g/mol. The molecule has 4 N–H and O–H groups in total. The van der Waals surface area contributed by atoms with Crippen molar-refractivity contribution in [3.63, 3.8) is 0 Å². The summed E-state index contributed by atoms with van der Waals surface area (Å²) in [6, 6.07) is 0. The Bertz CT molecular complexity index is 242. The van der Waals surface area contributed by atoms with E-state index >= 15 is 0 Å².